The third-order valence-electron chi connectivity index (χ3n) is 3.74. The number of hydrogen-bond donors (Lipinski definition) is 1. The molecule has 0 aliphatic carbocycles. The van der Waals surface area contributed by atoms with Crippen LogP contribution in [0.2, 0.25) is 0 Å². The molecule has 110 valence electrons. The summed E-state index contributed by atoms with van der Waals surface area (Å²) in [4.78, 5) is 4.07. The average Bonchev–Trinajstić information content (AvgIpc) is 2.47. The normalized spacial score (nSPS) is 15.3. The highest BCUT2D eigenvalue weighted by molar-refractivity contribution is 5.58. The topological polar surface area (TPSA) is 32.5 Å². The van der Waals surface area contributed by atoms with Crippen LogP contribution in [0, 0.1) is 11.6 Å². The number of nitrogens with zero attached hydrogens (tertiary/aromatic N) is 2. The van der Waals surface area contributed by atoms with Crippen molar-refractivity contribution in [3.05, 3.63) is 54.1 Å². The van der Waals surface area contributed by atoms with Crippen LogP contribution in [0.5, 0.6) is 0 Å². The predicted molar refractivity (Wildman–Crippen MR) is 81.6 cm³/mol. The minimum atomic E-state index is -0.332. The Labute approximate surface area is 122 Å². The smallest absolute Gasteiger partial charge is 0.146 e. The molecule has 0 spiro atoms. The molecule has 1 fully saturated rings. The van der Waals surface area contributed by atoms with Crippen molar-refractivity contribution in [3.8, 4) is 0 Å². The first-order valence-corrected chi connectivity index (χ1v) is 6.94. The van der Waals surface area contributed by atoms with Gasteiger partial charge < -0.3 is 15.5 Å². The summed E-state index contributed by atoms with van der Waals surface area (Å²) >= 11 is 0. The summed E-state index contributed by atoms with van der Waals surface area (Å²) in [6.07, 6.45) is 0. The molecule has 0 amide bonds. The molecule has 2 aromatic rings. The standard InChI is InChI=1S/C16H17F2N3/c17-12-9-13(19)11-14(10-12)20-5-7-21(8-6-20)16-4-2-1-3-15(16)18/h1-4,9-11H,5-8,19H2. The fourth-order valence-electron chi connectivity index (χ4n) is 2.69. The Hall–Kier alpha value is -2.30. The van der Waals surface area contributed by atoms with E-state index in [1.165, 1.54) is 18.2 Å². The average molecular weight is 289 g/mol. The zero-order valence-corrected chi connectivity index (χ0v) is 11.6. The van der Waals surface area contributed by atoms with Crippen LogP contribution in [0.4, 0.5) is 25.8 Å². The molecule has 3 rings (SSSR count). The van der Waals surface area contributed by atoms with Crippen LogP contribution >= 0.6 is 0 Å². The monoisotopic (exact) mass is 289 g/mol. The summed E-state index contributed by atoms with van der Waals surface area (Å²) in [5.74, 6) is -0.539. The first kappa shape index (κ1) is 13.7. The third-order valence-corrected chi connectivity index (χ3v) is 3.74. The maximum absolute atomic E-state index is 13.8. The second-order valence-electron chi connectivity index (χ2n) is 5.17. The minimum Gasteiger partial charge on any atom is -0.399 e. The summed E-state index contributed by atoms with van der Waals surface area (Å²) in [5.41, 5.74) is 7.50. The number of rotatable bonds is 2. The number of benzene rings is 2. The molecule has 2 aromatic carbocycles. The van der Waals surface area contributed by atoms with Gasteiger partial charge in [-0.05, 0) is 30.3 Å². The fraction of sp³-hybridized carbons (Fsp3) is 0.250. The van der Waals surface area contributed by atoms with Crippen molar-refractivity contribution in [2.45, 2.75) is 0 Å². The van der Waals surface area contributed by atoms with Crippen LogP contribution < -0.4 is 15.5 Å². The summed E-state index contributed by atoms with van der Waals surface area (Å²) in [5, 5.41) is 0. The molecule has 3 nitrogen and oxygen atoms in total. The van der Waals surface area contributed by atoms with Gasteiger partial charge in [0.25, 0.3) is 0 Å². The van der Waals surface area contributed by atoms with Gasteiger partial charge in [-0.1, -0.05) is 12.1 Å². The summed E-state index contributed by atoms with van der Waals surface area (Å²) < 4.78 is 27.2. The lowest BCUT2D eigenvalue weighted by Crippen LogP contribution is -2.46. The van der Waals surface area contributed by atoms with Crippen LogP contribution in [0.15, 0.2) is 42.5 Å². The predicted octanol–water partition coefficient (Wildman–Crippen LogP) is 2.87. The van der Waals surface area contributed by atoms with Crippen molar-refractivity contribution in [3.63, 3.8) is 0 Å². The molecule has 1 saturated heterocycles. The van der Waals surface area contributed by atoms with Gasteiger partial charge in [-0.3, -0.25) is 0 Å². The van der Waals surface area contributed by atoms with Crippen LogP contribution in [0.1, 0.15) is 0 Å². The van der Waals surface area contributed by atoms with Gasteiger partial charge in [-0.15, -0.1) is 0 Å². The first-order chi connectivity index (χ1) is 10.1. The quantitative estimate of drug-likeness (QED) is 0.863. The summed E-state index contributed by atoms with van der Waals surface area (Å²) in [7, 11) is 0. The maximum Gasteiger partial charge on any atom is 0.146 e. The second-order valence-corrected chi connectivity index (χ2v) is 5.17. The highest BCUT2D eigenvalue weighted by Gasteiger charge is 2.19. The molecule has 0 atom stereocenters. The molecular weight excluding hydrogens is 272 g/mol. The number of para-hydroxylation sites is 1. The van der Waals surface area contributed by atoms with Gasteiger partial charge in [0.2, 0.25) is 0 Å². The first-order valence-electron chi connectivity index (χ1n) is 6.94. The molecular formula is C16H17F2N3. The number of nitrogen functional groups attached to an aromatic ring is 1. The molecule has 0 saturated carbocycles. The number of halogens is 2. The Bertz CT molecular complexity index is 617. The minimum absolute atomic E-state index is 0.207. The Morgan fingerprint density at radius 2 is 1.52 bits per heavy atom. The van der Waals surface area contributed by atoms with E-state index in [1.54, 1.807) is 18.2 Å². The van der Waals surface area contributed by atoms with Gasteiger partial charge in [0.05, 0.1) is 5.69 Å². The Morgan fingerprint density at radius 3 is 2.19 bits per heavy atom. The van der Waals surface area contributed by atoms with E-state index >= 15 is 0 Å². The van der Waals surface area contributed by atoms with Crippen molar-refractivity contribution in [2.24, 2.45) is 0 Å². The molecule has 0 bridgehead atoms. The molecule has 0 radical (unpaired) electrons. The summed E-state index contributed by atoms with van der Waals surface area (Å²) in [6.45, 7) is 2.79. The number of nitrogens with two attached hydrogens (primary N) is 1. The van der Waals surface area contributed by atoms with Gasteiger partial charge in [-0.25, -0.2) is 8.78 Å². The van der Waals surface area contributed by atoms with Crippen molar-refractivity contribution >= 4 is 17.1 Å². The van der Waals surface area contributed by atoms with Gasteiger partial charge in [-0.2, -0.15) is 0 Å². The van der Waals surface area contributed by atoms with E-state index in [1.807, 2.05) is 11.0 Å². The molecule has 1 aliphatic rings. The van der Waals surface area contributed by atoms with Crippen molar-refractivity contribution in [1.82, 2.24) is 0 Å². The largest absolute Gasteiger partial charge is 0.399 e. The zero-order chi connectivity index (χ0) is 14.8. The van der Waals surface area contributed by atoms with Gasteiger partial charge in [0.15, 0.2) is 0 Å². The zero-order valence-electron chi connectivity index (χ0n) is 11.6. The van der Waals surface area contributed by atoms with E-state index < -0.39 is 0 Å². The fourth-order valence-corrected chi connectivity index (χ4v) is 2.69. The highest BCUT2D eigenvalue weighted by Crippen LogP contribution is 2.24. The highest BCUT2D eigenvalue weighted by atomic mass is 19.1. The lowest BCUT2D eigenvalue weighted by Gasteiger charge is -2.37. The Morgan fingerprint density at radius 1 is 0.857 bits per heavy atom. The van der Waals surface area contributed by atoms with E-state index in [-0.39, 0.29) is 11.6 Å². The van der Waals surface area contributed by atoms with Crippen molar-refractivity contribution in [2.75, 3.05) is 41.7 Å². The maximum atomic E-state index is 13.8. The molecule has 1 heterocycles. The molecule has 21 heavy (non-hydrogen) atoms. The number of anilines is 3. The van der Waals surface area contributed by atoms with Crippen LogP contribution in [-0.4, -0.2) is 26.2 Å². The second kappa shape index (κ2) is 5.60. The number of hydrogen-bond acceptors (Lipinski definition) is 3. The van der Waals surface area contributed by atoms with Crippen LogP contribution in [-0.2, 0) is 0 Å². The Kier molecular flexibility index (Phi) is 3.64. The molecule has 0 unspecified atom stereocenters. The van der Waals surface area contributed by atoms with Crippen LogP contribution in [0.3, 0.4) is 0 Å². The number of piperazine rings is 1. The van der Waals surface area contributed by atoms with Crippen molar-refractivity contribution < 1.29 is 8.78 Å². The van der Waals surface area contributed by atoms with Crippen molar-refractivity contribution in [1.29, 1.82) is 0 Å². The summed E-state index contributed by atoms with van der Waals surface area (Å²) in [6, 6.07) is 11.3. The van der Waals surface area contributed by atoms with E-state index in [9.17, 15) is 8.78 Å². The lowest BCUT2D eigenvalue weighted by molar-refractivity contribution is 0.596. The van der Waals surface area contributed by atoms with Gasteiger partial charge in [0.1, 0.15) is 11.6 Å². The molecule has 1 aliphatic heterocycles. The van der Waals surface area contributed by atoms with E-state index in [2.05, 4.69) is 4.90 Å². The van der Waals surface area contributed by atoms with E-state index in [0.29, 0.717) is 37.6 Å². The molecule has 0 aromatic heterocycles. The van der Waals surface area contributed by atoms with Gasteiger partial charge in [0, 0.05) is 37.6 Å². The SMILES string of the molecule is Nc1cc(F)cc(N2CCN(c3ccccc3F)CC2)c1. The van der Waals surface area contributed by atoms with Gasteiger partial charge >= 0.3 is 0 Å². The third kappa shape index (κ3) is 2.91. The van der Waals surface area contributed by atoms with E-state index in [0.717, 1.165) is 5.69 Å². The lowest BCUT2D eigenvalue weighted by atomic mass is 10.2. The molecule has 5 heteroatoms. The van der Waals surface area contributed by atoms with E-state index in [4.69, 9.17) is 5.73 Å². The molecule has 2 N–H and O–H groups in total. The van der Waals surface area contributed by atoms with Crippen LogP contribution in [0.25, 0.3) is 0 Å². The Balaban J connectivity index is 1.72.